The SMILES string of the molecule is O=C(c1cccc([N+](=O)[O-])c1)N1CCSC(c2cccs2)CC1. The van der Waals surface area contributed by atoms with Crippen molar-refractivity contribution < 1.29 is 9.72 Å². The Morgan fingerprint density at radius 3 is 2.87 bits per heavy atom. The first-order valence-electron chi connectivity index (χ1n) is 7.34. The first-order chi connectivity index (χ1) is 11.1. The highest BCUT2D eigenvalue weighted by Crippen LogP contribution is 2.36. The van der Waals surface area contributed by atoms with Crippen molar-refractivity contribution in [2.24, 2.45) is 0 Å². The summed E-state index contributed by atoms with van der Waals surface area (Å²) in [6.45, 7) is 1.35. The Labute approximate surface area is 142 Å². The van der Waals surface area contributed by atoms with Gasteiger partial charge in [0.2, 0.25) is 0 Å². The fourth-order valence-corrected chi connectivity index (χ4v) is 4.85. The summed E-state index contributed by atoms with van der Waals surface area (Å²) in [5.41, 5.74) is 0.343. The highest BCUT2D eigenvalue weighted by molar-refractivity contribution is 7.99. The maximum atomic E-state index is 12.6. The smallest absolute Gasteiger partial charge is 0.270 e. The number of nitrogens with zero attached hydrogens (tertiary/aromatic N) is 2. The molecule has 120 valence electrons. The molecule has 2 heterocycles. The predicted molar refractivity (Wildman–Crippen MR) is 93.1 cm³/mol. The molecule has 23 heavy (non-hydrogen) atoms. The molecule has 3 rings (SSSR count). The van der Waals surface area contributed by atoms with Gasteiger partial charge in [0, 0.05) is 46.7 Å². The van der Waals surface area contributed by atoms with Gasteiger partial charge in [-0.05, 0) is 23.9 Å². The predicted octanol–water partition coefficient (Wildman–Crippen LogP) is 3.98. The standard InChI is InChI=1S/C16H16N2O3S2/c19-16(12-3-1-4-13(11-12)18(20)21)17-7-6-15(23-10-8-17)14-5-2-9-22-14/h1-5,9,11,15H,6-8,10H2. The zero-order chi connectivity index (χ0) is 16.2. The minimum absolute atomic E-state index is 0.0449. The van der Waals surface area contributed by atoms with Crippen LogP contribution in [0, 0.1) is 10.1 Å². The van der Waals surface area contributed by atoms with Gasteiger partial charge in [0.1, 0.15) is 0 Å². The lowest BCUT2D eigenvalue weighted by Crippen LogP contribution is -2.32. The van der Waals surface area contributed by atoms with Gasteiger partial charge in [-0.15, -0.1) is 11.3 Å². The number of carbonyl (C=O) groups is 1. The first-order valence-corrected chi connectivity index (χ1v) is 9.27. The Morgan fingerprint density at radius 1 is 1.26 bits per heavy atom. The van der Waals surface area contributed by atoms with Gasteiger partial charge < -0.3 is 4.90 Å². The van der Waals surface area contributed by atoms with E-state index in [1.165, 1.54) is 17.0 Å². The van der Waals surface area contributed by atoms with Gasteiger partial charge in [-0.2, -0.15) is 11.8 Å². The Morgan fingerprint density at radius 2 is 2.13 bits per heavy atom. The lowest BCUT2D eigenvalue weighted by atomic mass is 10.1. The number of nitro groups is 1. The van der Waals surface area contributed by atoms with Gasteiger partial charge in [-0.1, -0.05) is 12.1 Å². The van der Waals surface area contributed by atoms with Gasteiger partial charge in [-0.25, -0.2) is 0 Å². The van der Waals surface area contributed by atoms with E-state index in [2.05, 4.69) is 17.5 Å². The van der Waals surface area contributed by atoms with Crippen molar-refractivity contribution in [1.29, 1.82) is 0 Å². The van der Waals surface area contributed by atoms with Crippen LogP contribution in [0.5, 0.6) is 0 Å². The third-order valence-electron chi connectivity index (χ3n) is 3.79. The van der Waals surface area contributed by atoms with Crippen molar-refractivity contribution in [3.05, 3.63) is 62.3 Å². The lowest BCUT2D eigenvalue weighted by molar-refractivity contribution is -0.384. The molecule has 7 heteroatoms. The van der Waals surface area contributed by atoms with Gasteiger partial charge in [0.15, 0.2) is 0 Å². The number of hydrogen-bond acceptors (Lipinski definition) is 5. The molecule has 1 aromatic heterocycles. The van der Waals surface area contributed by atoms with E-state index in [0.717, 1.165) is 12.2 Å². The molecule has 1 saturated heterocycles. The zero-order valence-electron chi connectivity index (χ0n) is 12.4. The summed E-state index contributed by atoms with van der Waals surface area (Å²) in [5, 5.41) is 13.4. The molecule has 1 amide bonds. The quantitative estimate of drug-likeness (QED) is 0.622. The number of thiophene rings is 1. The molecular weight excluding hydrogens is 332 g/mol. The minimum atomic E-state index is -0.470. The molecule has 0 aliphatic carbocycles. The second-order valence-electron chi connectivity index (χ2n) is 5.26. The number of carbonyl (C=O) groups excluding carboxylic acids is 1. The summed E-state index contributed by atoms with van der Waals surface area (Å²) in [6.07, 6.45) is 0.909. The van der Waals surface area contributed by atoms with E-state index < -0.39 is 4.92 Å². The number of non-ortho nitro benzene ring substituents is 1. The Kier molecular flexibility index (Phi) is 4.97. The number of benzene rings is 1. The molecule has 5 nitrogen and oxygen atoms in total. The molecule has 1 unspecified atom stereocenters. The molecule has 0 spiro atoms. The normalized spacial score (nSPS) is 18.4. The van der Waals surface area contributed by atoms with Crippen molar-refractivity contribution >= 4 is 34.7 Å². The highest BCUT2D eigenvalue weighted by atomic mass is 32.2. The topological polar surface area (TPSA) is 63.4 Å². The summed E-state index contributed by atoms with van der Waals surface area (Å²) in [5.74, 6) is 0.754. The molecule has 1 aromatic carbocycles. The van der Waals surface area contributed by atoms with E-state index in [4.69, 9.17) is 0 Å². The highest BCUT2D eigenvalue weighted by Gasteiger charge is 2.24. The number of hydrogen-bond donors (Lipinski definition) is 0. The third kappa shape index (κ3) is 3.73. The van der Waals surface area contributed by atoms with E-state index in [1.807, 2.05) is 11.8 Å². The van der Waals surface area contributed by atoms with E-state index in [9.17, 15) is 14.9 Å². The molecule has 1 aliphatic rings. The van der Waals surface area contributed by atoms with Gasteiger partial charge in [0.05, 0.1) is 4.92 Å². The monoisotopic (exact) mass is 348 g/mol. The Balaban J connectivity index is 1.71. The van der Waals surface area contributed by atoms with Crippen LogP contribution >= 0.6 is 23.1 Å². The summed E-state index contributed by atoms with van der Waals surface area (Å²) in [7, 11) is 0. The van der Waals surface area contributed by atoms with Crippen molar-refractivity contribution in [2.75, 3.05) is 18.8 Å². The maximum absolute atomic E-state index is 12.6. The number of thioether (sulfide) groups is 1. The second-order valence-corrected chi connectivity index (χ2v) is 7.55. The molecule has 1 fully saturated rings. The summed E-state index contributed by atoms with van der Waals surface area (Å²) < 4.78 is 0. The van der Waals surface area contributed by atoms with Crippen LogP contribution in [0.3, 0.4) is 0 Å². The second kappa shape index (κ2) is 7.14. The van der Waals surface area contributed by atoms with Crippen molar-refractivity contribution in [3.8, 4) is 0 Å². The summed E-state index contributed by atoms with van der Waals surface area (Å²) in [6, 6.07) is 10.2. The average Bonchev–Trinajstić information content (AvgIpc) is 2.99. The molecule has 0 bridgehead atoms. The van der Waals surface area contributed by atoms with Crippen LogP contribution in [0.1, 0.15) is 26.9 Å². The Bertz CT molecular complexity index is 703. The minimum Gasteiger partial charge on any atom is -0.338 e. The van der Waals surface area contributed by atoms with E-state index >= 15 is 0 Å². The van der Waals surface area contributed by atoms with Gasteiger partial charge in [0.25, 0.3) is 11.6 Å². The van der Waals surface area contributed by atoms with Crippen molar-refractivity contribution in [1.82, 2.24) is 4.90 Å². The van der Waals surface area contributed by atoms with Crippen LogP contribution in [0.4, 0.5) is 5.69 Å². The van der Waals surface area contributed by atoms with Gasteiger partial charge >= 0.3 is 0 Å². The molecule has 2 aromatic rings. The van der Waals surface area contributed by atoms with Crippen LogP contribution in [0.25, 0.3) is 0 Å². The number of amides is 1. The van der Waals surface area contributed by atoms with Gasteiger partial charge in [-0.3, -0.25) is 14.9 Å². The molecule has 0 radical (unpaired) electrons. The summed E-state index contributed by atoms with van der Waals surface area (Å²) in [4.78, 5) is 26.2. The van der Waals surface area contributed by atoms with Crippen LogP contribution in [0.15, 0.2) is 41.8 Å². The molecule has 1 atom stereocenters. The van der Waals surface area contributed by atoms with E-state index in [1.54, 1.807) is 28.4 Å². The molecule has 0 N–H and O–H groups in total. The third-order valence-corrected chi connectivity index (χ3v) is 6.24. The fraction of sp³-hybridized carbons (Fsp3) is 0.312. The summed E-state index contributed by atoms with van der Waals surface area (Å²) >= 11 is 3.63. The van der Waals surface area contributed by atoms with Crippen molar-refractivity contribution in [3.63, 3.8) is 0 Å². The number of rotatable bonds is 3. The van der Waals surface area contributed by atoms with Crippen LogP contribution < -0.4 is 0 Å². The van der Waals surface area contributed by atoms with Crippen LogP contribution in [-0.2, 0) is 0 Å². The fourth-order valence-electron chi connectivity index (χ4n) is 2.61. The molecule has 0 saturated carbocycles. The van der Waals surface area contributed by atoms with Crippen LogP contribution in [0.2, 0.25) is 0 Å². The van der Waals surface area contributed by atoms with Crippen LogP contribution in [-0.4, -0.2) is 34.6 Å². The largest absolute Gasteiger partial charge is 0.338 e. The maximum Gasteiger partial charge on any atom is 0.270 e. The first kappa shape index (κ1) is 16.0. The Hall–Kier alpha value is -1.86. The van der Waals surface area contributed by atoms with Crippen molar-refractivity contribution in [2.45, 2.75) is 11.7 Å². The molecular formula is C16H16N2O3S2. The van der Waals surface area contributed by atoms with E-state index in [0.29, 0.717) is 23.9 Å². The van der Waals surface area contributed by atoms with E-state index in [-0.39, 0.29) is 11.6 Å². The molecule has 1 aliphatic heterocycles. The lowest BCUT2D eigenvalue weighted by Gasteiger charge is -2.20. The number of nitro benzene ring substituents is 1. The zero-order valence-corrected chi connectivity index (χ0v) is 14.0. The average molecular weight is 348 g/mol.